The minimum Gasteiger partial charge on any atom is -0.458 e. The predicted octanol–water partition coefficient (Wildman–Crippen LogP) is 0.768. The topological polar surface area (TPSA) is 138 Å². The average Bonchev–Trinajstić information content (AvgIpc) is 3.45. The fraction of sp³-hybridized carbons (Fsp3) is 0.786. The van der Waals surface area contributed by atoms with Crippen LogP contribution in [-0.2, 0) is 42.9 Å². The first kappa shape index (κ1) is 22.7. The zero-order valence-corrected chi connectivity index (χ0v) is 21.5. The molecular formula is C28H30O10. The van der Waals surface area contributed by atoms with E-state index in [1.165, 1.54) is 0 Å². The lowest BCUT2D eigenvalue weighted by molar-refractivity contribution is -0.375. The molecule has 3 unspecified atom stereocenters. The van der Waals surface area contributed by atoms with Crippen molar-refractivity contribution in [3.8, 4) is 0 Å². The first-order valence-electron chi connectivity index (χ1n) is 13.8. The maximum absolute atomic E-state index is 14.9. The largest absolute Gasteiger partial charge is 0.458 e. The molecule has 2 saturated carbocycles. The van der Waals surface area contributed by atoms with Crippen LogP contribution in [0.5, 0.6) is 0 Å². The molecule has 9 rings (SSSR count). The van der Waals surface area contributed by atoms with E-state index in [4.69, 9.17) is 23.7 Å². The van der Waals surface area contributed by atoms with Crippen LogP contribution in [0.3, 0.4) is 0 Å². The van der Waals surface area contributed by atoms with E-state index in [1.54, 1.807) is 13.0 Å². The molecule has 10 heteroatoms. The number of hydrogen-bond acceptors (Lipinski definition) is 10. The number of aliphatic hydroxyl groups is 1. The van der Waals surface area contributed by atoms with Crippen LogP contribution in [0.15, 0.2) is 12.2 Å². The van der Waals surface area contributed by atoms with Gasteiger partial charge in [0.05, 0.1) is 30.0 Å². The minimum atomic E-state index is -2.19. The SMILES string of the molecule is C[C@@]12C[C@H]3OC(=O)[C@@H]1CO[C@]14O[C@]5(C2C1=O)[C@@](O)(CCC1C4C[C@@H]2O[C@@]24CC=CC(=O)[C@]14C)C(=O)O[C@@]35C. The third kappa shape index (κ3) is 1.79. The zero-order valence-electron chi connectivity index (χ0n) is 21.5. The molecule has 6 aliphatic heterocycles. The molecule has 0 aromatic carbocycles. The second-order valence-electron chi connectivity index (χ2n) is 13.8. The summed E-state index contributed by atoms with van der Waals surface area (Å²) >= 11 is 0. The number of ketones is 2. The van der Waals surface area contributed by atoms with E-state index in [0.717, 1.165) is 0 Å². The average molecular weight is 527 g/mol. The molecule has 0 aromatic rings. The highest BCUT2D eigenvalue weighted by Crippen LogP contribution is 2.77. The van der Waals surface area contributed by atoms with Gasteiger partial charge in [0.2, 0.25) is 5.79 Å². The molecule has 8 fully saturated rings. The van der Waals surface area contributed by atoms with Gasteiger partial charge in [-0.1, -0.05) is 13.0 Å². The Balaban J connectivity index is 1.34. The van der Waals surface area contributed by atoms with Gasteiger partial charge in [-0.3, -0.25) is 14.4 Å². The van der Waals surface area contributed by atoms with Crippen LogP contribution >= 0.6 is 0 Å². The Morgan fingerprint density at radius 1 is 1.05 bits per heavy atom. The second kappa shape index (κ2) is 5.82. The van der Waals surface area contributed by atoms with Crippen LogP contribution in [-0.4, -0.2) is 75.6 Å². The van der Waals surface area contributed by atoms with Gasteiger partial charge in [0, 0.05) is 5.92 Å². The van der Waals surface area contributed by atoms with Gasteiger partial charge in [0.25, 0.3) is 0 Å². The Hall–Kier alpha value is -2.14. The van der Waals surface area contributed by atoms with Gasteiger partial charge < -0.3 is 28.8 Å². The molecule has 38 heavy (non-hydrogen) atoms. The van der Waals surface area contributed by atoms with E-state index in [2.05, 4.69) is 0 Å². The molecule has 1 N–H and O–H groups in total. The molecule has 0 aromatic heterocycles. The molecule has 6 saturated heterocycles. The molecule has 202 valence electrons. The Bertz CT molecular complexity index is 1340. The van der Waals surface area contributed by atoms with Crippen molar-refractivity contribution in [3.63, 3.8) is 0 Å². The fourth-order valence-corrected chi connectivity index (χ4v) is 10.9. The third-order valence-corrected chi connectivity index (χ3v) is 12.9. The molecular weight excluding hydrogens is 496 g/mol. The summed E-state index contributed by atoms with van der Waals surface area (Å²) in [5.74, 6) is -6.56. The van der Waals surface area contributed by atoms with Gasteiger partial charge in [-0.25, -0.2) is 4.79 Å². The Morgan fingerprint density at radius 2 is 1.84 bits per heavy atom. The molecule has 9 aliphatic rings. The smallest absolute Gasteiger partial charge is 0.342 e. The number of carbonyl (C=O) groups excluding carboxylic acids is 4. The number of allylic oxidation sites excluding steroid dienone is 1. The second-order valence-corrected chi connectivity index (χ2v) is 13.8. The normalized spacial score (nSPS) is 64.1. The third-order valence-electron chi connectivity index (χ3n) is 12.9. The van der Waals surface area contributed by atoms with E-state index >= 15 is 0 Å². The lowest BCUT2D eigenvalue weighted by atomic mass is 9.46. The highest BCUT2D eigenvalue weighted by Gasteiger charge is 2.94. The number of Topliss-reactive ketones (excluding diaryl/α,β-unsaturated/α-hetero) is 1. The highest BCUT2D eigenvalue weighted by atomic mass is 16.8. The van der Waals surface area contributed by atoms with Crippen LogP contribution in [0, 0.1) is 34.5 Å². The summed E-state index contributed by atoms with van der Waals surface area (Å²) in [7, 11) is 0. The zero-order chi connectivity index (χ0) is 26.5. The van der Waals surface area contributed by atoms with Gasteiger partial charge in [-0.05, 0) is 63.4 Å². The van der Waals surface area contributed by atoms with Crippen molar-refractivity contribution in [3.05, 3.63) is 12.2 Å². The molecule has 3 aliphatic carbocycles. The van der Waals surface area contributed by atoms with E-state index in [1.807, 2.05) is 19.9 Å². The number of epoxide rings is 1. The first-order chi connectivity index (χ1) is 17.9. The monoisotopic (exact) mass is 526 g/mol. The molecule has 5 bridgehead atoms. The predicted molar refractivity (Wildman–Crippen MR) is 122 cm³/mol. The van der Waals surface area contributed by atoms with E-state index in [9.17, 15) is 24.3 Å². The van der Waals surface area contributed by atoms with Crippen molar-refractivity contribution >= 4 is 23.5 Å². The van der Waals surface area contributed by atoms with E-state index < -0.39 is 80.7 Å². The van der Waals surface area contributed by atoms with E-state index in [-0.39, 0.29) is 43.5 Å². The standard InChI is InChI=1S/C28H30O10/c1-22-10-17-24(3)28-18(22)19(30)27(38-28,34-11-14(22)20(31)35-17)13-9-16-26(36-16)7-4-5-15(29)23(26,2)12(13)6-8-25(28,33)21(32)37-24/h4-5,12-14,16-18,33H,6-11H2,1-3H3/t12?,13?,14-,16-,17+,18?,22+,23-,24-,25+,26-,27+,28-/m0/s1. The number of carbonyl (C=O) groups is 4. The van der Waals surface area contributed by atoms with Crippen LogP contribution in [0.4, 0.5) is 0 Å². The number of rotatable bonds is 0. The first-order valence-corrected chi connectivity index (χ1v) is 13.8. The van der Waals surface area contributed by atoms with Crippen molar-refractivity contribution in [1.82, 2.24) is 0 Å². The molecule has 0 radical (unpaired) electrons. The summed E-state index contributed by atoms with van der Waals surface area (Å²) in [5, 5.41) is 12.4. The van der Waals surface area contributed by atoms with Gasteiger partial charge in [0.1, 0.15) is 11.7 Å². The van der Waals surface area contributed by atoms with Gasteiger partial charge in [-0.2, -0.15) is 0 Å². The summed E-state index contributed by atoms with van der Waals surface area (Å²) in [6.07, 6.45) is 3.82. The molecule has 10 nitrogen and oxygen atoms in total. The summed E-state index contributed by atoms with van der Waals surface area (Å²) < 4.78 is 31.5. The fourth-order valence-electron chi connectivity index (χ4n) is 10.9. The number of fused-ring (bicyclic) bond motifs is 4. The summed E-state index contributed by atoms with van der Waals surface area (Å²) in [6, 6.07) is 0. The maximum Gasteiger partial charge on any atom is 0.342 e. The quantitative estimate of drug-likeness (QED) is 0.356. The Morgan fingerprint density at radius 3 is 2.63 bits per heavy atom. The van der Waals surface area contributed by atoms with Crippen molar-refractivity contribution < 1.29 is 48.0 Å². The molecule has 6 heterocycles. The van der Waals surface area contributed by atoms with Crippen LogP contribution in [0.1, 0.15) is 52.9 Å². The van der Waals surface area contributed by atoms with Crippen molar-refractivity contribution in [2.24, 2.45) is 34.5 Å². The van der Waals surface area contributed by atoms with Crippen LogP contribution < -0.4 is 0 Å². The van der Waals surface area contributed by atoms with E-state index in [0.29, 0.717) is 12.8 Å². The highest BCUT2D eigenvalue weighted by molar-refractivity contribution is 6.00. The van der Waals surface area contributed by atoms with Gasteiger partial charge in [0.15, 0.2) is 28.4 Å². The van der Waals surface area contributed by atoms with Crippen molar-refractivity contribution in [2.45, 2.75) is 93.3 Å². The maximum atomic E-state index is 14.9. The van der Waals surface area contributed by atoms with Crippen molar-refractivity contribution in [1.29, 1.82) is 0 Å². The molecule has 0 amide bonds. The van der Waals surface area contributed by atoms with Crippen LogP contribution in [0.25, 0.3) is 0 Å². The van der Waals surface area contributed by atoms with Gasteiger partial charge in [-0.15, -0.1) is 0 Å². The van der Waals surface area contributed by atoms with Crippen LogP contribution in [0.2, 0.25) is 0 Å². The molecule has 13 atom stereocenters. The summed E-state index contributed by atoms with van der Waals surface area (Å²) in [4.78, 5) is 55.6. The summed E-state index contributed by atoms with van der Waals surface area (Å²) in [5.41, 5.74) is -8.23. The Labute approximate surface area is 218 Å². The number of esters is 2. The number of hydrogen-bond donors (Lipinski definition) is 1. The lowest BCUT2D eigenvalue weighted by Crippen LogP contribution is -2.79. The Kier molecular flexibility index (Phi) is 3.47. The van der Waals surface area contributed by atoms with Gasteiger partial charge >= 0.3 is 11.9 Å². The molecule has 3 spiro atoms. The summed E-state index contributed by atoms with van der Waals surface area (Å²) in [6.45, 7) is 5.27. The number of ether oxygens (including phenoxy) is 5. The lowest BCUT2D eigenvalue weighted by Gasteiger charge is -2.63. The van der Waals surface area contributed by atoms with Crippen molar-refractivity contribution in [2.75, 3.05) is 6.61 Å². The minimum absolute atomic E-state index is 0.0583.